The number of esters is 1. The van der Waals surface area contributed by atoms with E-state index in [1.54, 1.807) is 7.11 Å². The summed E-state index contributed by atoms with van der Waals surface area (Å²) in [7, 11) is 1.70. The lowest BCUT2D eigenvalue weighted by molar-refractivity contribution is -0.148. The highest BCUT2D eigenvalue weighted by molar-refractivity contribution is 5.73. The smallest absolute Gasteiger partial charge is 0.309 e. The van der Waals surface area contributed by atoms with Crippen LogP contribution in [0.3, 0.4) is 0 Å². The summed E-state index contributed by atoms with van der Waals surface area (Å²) in [5, 5.41) is 0. The van der Waals surface area contributed by atoms with Gasteiger partial charge >= 0.3 is 5.97 Å². The van der Waals surface area contributed by atoms with Gasteiger partial charge in [-0.1, -0.05) is 52.8 Å². The van der Waals surface area contributed by atoms with Crippen molar-refractivity contribution in [3.63, 3.8) is 0 Å². The largest absolute Gasteiger partial charge is 0.496 e. The zero-order valence-electron chi connectivity index (χ0n) is 15.7. The van der Waals surface area contributed by atoms with Crippen molar-refractivity contribution in [1.82, 2.24) is 0 Å². The molecule has 0 N–H and O–H groups in total. The molecule has 0 aromatic heterocycles. The third-order valence-electron chi connectivity index (χ3n) is 3.95. The highest BCUT2D eigenvalue weighted by atomic mass is 16.5. The molecule has 1 rings (SSSR count). The zero-order valence-corrected chi connectivity index (χ0v) is 15.7. The van der Waals surface area contributed by atoms with Crippen molar-refractivity contribution in [1.29, 1.82) is 0 Å². The topological polar surface area (TPSA) is 35.5 Å². The predicted octanol–water partition coefficient (Wildman–Crippen LogP) is 4.76. The van der Waals surface area contributed by atoms with E-state index in [0.717, 1.165) is 17.7 Å². The third-order valence-corrected chi connectivity index (χ3v) is 3.95. The van der Waals surface area contributed by atoms with Crippen LogP contribution in [0.15, 0.2) is 18.2 Å². The van der Waals surface area contributed by atoms with Gasteiger partial charge in [-0.3, -0.25) is 4.79 Å². The maximum atomic E-state index is 12.3. The molecule has 130 valence electrons. The van der Waals surface area contributed by atoms with Crippen LogP contribution in [0.5, 0.6) is 5.75 Å². The van der Waals surface area contributed by atoms with Gasteiger partial charge in [0.1, 0.15) is 5.75 Å². The van der Waals surface area contributed by atoms with E-state index >= 15 is 0 Å². The first-order chi connectivity index (χ1) is 10.7. The molecule has 0 fully saturated rings. The molecule has 0 bridgehead atoms. The van der Waals surface area contributed by atoms with E-state index in [1.807, 2.05) is 6.92 Å². The molecule has 1 atom stereocenters. The van der Waals surface area contributed by atoms with Gasteiger partial charge in [-0.05, 0) is 42.2 Å². The number of methoxy groups -OCH3 is 1. The van der Waals surface area contributed by atoms with E-state index in [4.69, 9.17) is 9.47 Å². The fourth-order valence-electron chi connectivity index (χ4n) is 2.93. The second-order valence-electron chi connectivity index (χ2n) is 7.53. The standard InChI is InChI=1S/C20H32O3/c1-8-23-19(21)16(12-14(2)3)13-15-10-9-11-17(18(15)22-7)20(4,5)6/h9-11,14,16H,8,12-13H2,1-7H3. The maximum absolute atomic E-state index is 12.3. The van der Waals surface area contributed by atoms with E-state index in [1.165, 1.54) is 5.56 Å². The Labute approximate surface area is 141 Å². The molecule has 0 amide bonds. The van der Waals surface area contributed by atoms with E-state index in [-0.39, 0.29) is 17.3 Å². The van der Waals surface area contributed by atoms with Crippen LogP contribution in [0.1, 0.15) is 59.1 Å². The highest BCUT2D eigenvalue weighted by Gasteiger charge is 2.26. The average Bonchev–Trinajstić information content (AvgIpc) is 2.45. The maximum Gasteiger partial charge on any atom is 0.309 e. The van der Waals surface area contributed by atoms with Crippen LogP contribution < -0.4 is 4.74 Å². The molecule has 1 unspecified atom stereocenters. The van der Waals surface area contributed by atoms with Gasteiger partial charge in [0.15, 0.2) is 0 Å². The van der Waals surface area contributed by atoms with Gasteiger partial charge in [0.25, 0.3) is 0 Å². The first-order valence-electron chi connectivity index (χ1n) is 8.53. The normalized spacial score (nSPS) is 13.0. The molecule has 0 saturated carbocycles. The first kappa shape index (κ1) is 19.5. The minimum atomic E-state index is -0.126. The molecule has 0 spiro atoms. The summed E-state index contributed by atoms with van der Waals surface area (Å²) in [6.07, 6.45) is 1.48. The Kier molecular flexibility index (Phi) is 7.11. The quantitative estimate of drug-likeness (QED) is 0.679. The molecule has 0 aliphatic rings. The lowest BCUT2D eigenvalue weighted by Crippen LogP contribution is -2.23. The minimum Gasteiger partial charge on any atom is -0.496 e. The first-order valence-corrected chi connectivity index (χ1v) is 8.53. The third kappa shape index (κ3) is 5.56. The lowest BCUT2D eigenvalue weighted by Gasteiger charge is -2.25. The monoisotopic (exact) mass is 320 g/mol. The fraction of sp³-hybridized carbons (Fsp3) is 0.650. The Morgan fingerprint density at radius 3 is 2.35 bits per heavy atom. The van der Waals surface area contributed by atoms with Crippen LogP contribution in [0.25, 0.3) is 0 Å². The van der Waals surface area contributed by atoms with Crippen molar-refractivity contribution in [3.8, 4) is 5.75 Å². The molecule has 0 saturated heterocycles. The van der Waals surface area contributed by atoms with Crippen LogP contribution in [-0.4, -0.2) is 19.7 Å². The van der Waals surface area contributed by atoms with Crippen molar-refractivity contribution in [2.45, 2.75) is 59.8 Å². The number of rotatable bonds is 7. The summed E-state index contributed by atoms with van der Waals surface area (Å²) >= 11 is 0. The summed E-state index contributed by atoms with van der Waals surface area (Å²) in [6.45, 7) is 13.1. The number of hydrogen-bond donors (Lipinski definition) is 0. The Bertz CT molecular complexity index is 512. The number of carbonyl (C=O) groups is 1. The number of hydrogen-bond acceptors (Lipinski definition) is 3. The average molecular weight is 320 g/mol. The van der Waals surface area contributed by atoms with E-state index in [9.17, 15) is 4.79 Å². The molecule has 0 radical (unpaired) electrons. The lowest BCUT2D eigenvalue weighted by atomic mass is 9.83. The summed E-state index contributed by atoms with van der Waals surface area (Å²) in [6, 6.07) is 6.21. The van der Waals surface area contributed by atoms with Gasteiger partial charge in [-0.15, -0.1) is 0 Å². The molecule has 0 aliphatic heterocycles. The summed E-state index contributed by atoms with van der Waals surface area (Å²) in [5.74, 6) is 1.11. The number of ether oxygens (including phenoxy) is 2. The molecule has 23 heavy (non-hydrogen) atoms. The van der Waals surface area contributed by atoms with E-state index < -0.39 is 0 Å². The van der Waals surface area contributed by atoms with Gasteiger partial charge in [0.2, 0.25) is 0 Å². The number of benzene rings is 1. The Morgan fingerprint density at radius 2 is 1.87 bits per heavy atom. The molecule has 3 heteroatoms. The second-order valence-corrected chi connectivity index (χ2v) is 7.53. The van der Waals surface area contributed by atoms with Crippen molar-refractivity contribution in [3.05, 3.63) is 29.3 Å². The predicted molar refractivity (Wildman–Crippen MR) is 95.0 cm³/mol. The van der Waals surface area contributed by atoms with Crippen LogP contribution >= 0.6 is 0 Å². The van der Waals surface area contributed by atoms with Gasteiger partial charge in [-0.2, -0.15) is 0 Å². The van der Waals surface area contributed by atoms with Crippen LogP contribution in [0.4, 0.5) is 0 Å². The molecule has 3 nitrogen and oxygen atoms in total. The Hall–Kier alpha value is -1.51. The number of para-hydroxylation sites is 1. The SMILES string of the molecule is CCOC(=O)C(Cc1cccc(C(C)(C)C)c1OC)CC(C)C. The second kappa shape index (κ2) is 8.37. The molecular formula is C20H32O3. The number of carbonyl (C=O) groups excluding carboxylic acids is 1. The van der Waals surface area contributed by atoms with Gasteiger partial charge in [-0.25, -0.2) is 0 Å². The van der Waals surface area contributed by atoms with Crippen LogP contribution in [0.2, 0.25) is 0 Å². The Balaban J connectivity index is 3.15. The van der Waals surface area contributed by atoms with E-state index in [2.05, 4.69) is 52.8 Å². The molecule has 0 heterocycles. The Morgan fingerprint density at radius 1 is 1.22 bits per heavy atom. The van der Waals surface area contributed by atoms with Crippen molar-refractivity contribution < 1.29 is 14.3 Å². The van der Waals surface area contributed by atoms with Gasteiger partial charge in [0, 0.05) is 0 Å². The zero-order chi connectivity index (χ0) is 17.6. The molecule has 1 aromatic carbocycles. The fourth-order valence-corrected chi connectivity index (χ4v) is 2.93. The highest BCUT2D eigenvalue weighted by Crippen LogP contribution is 2.35. The summed E-state index contributed by atoms with van der Waals surface area (Å²) in [5.41, 5.74) is 2.25. The summed E-state index contributed by atoms with van der Waals surface area (Å²) in [4.78, 5) is 12.3. The van der Waals surface area contributed by atoms with Crippen molar-refractivity contribution in [2.24, 2.45) is 11.8 Å². The van der Waals surface area contributed by atoms with Crippen LogP contribution in [-0.2, 0) is 21.4 Å². The van der Waals surface area contributed by atoms with Gasteiger partial charge in [0.05, 0.1) is 19.6 Å². The van der Waals surface area contributed by atoms with E-state index in [0.29, 0.717) is 18.9 Å². The molecular weight excluding hydrogens is 288 g/mol. The molecule has 1 aromatic rings. The van der Waals surface area contributed by atoms with Crippen molar-refractivity contribution >= 4 is 5.97 Å². The van der Waals surface area contributed by atoms with Gasteiger partial charge < -0.3 is 9.47 Å². The van der Waals surface area contributed by atoms with Crippen molar-refractivity contribution in [2.75, 3.05) is 13.7 Å². The van der Waals surface area contributed by atoms with Crippen LogP contribution in [0, 0.1) is 11.8 Å². The summed E-state index contributed by atoms with van der Waals surface area (Å²) < 4.78 is 11.0. The minimum absolute atomic E-state index is 0.00117. The molecule has 0 aliphatic carbocycles.